The fraction of sp³-hybridized carbons (Fsp3) is 0.400. The lowest BCUT2D eigenvalue weighted by atomic mass is 10.1. The van der Waals surface area contributed by atoms with Gasteiger partial charge in [-0.25, -0.2) is 3.97 Å². The van der Waals surface area contributed by atoms with Gasteiger partial charge in [-0.05, 0) is 0 Å². The fourth-order valence-electron chi connectivity index (χ4n) is 0.786. The zero-order valence-corrected chi connectivity index (χ0v) is 8.04. The van der Waals surface area contributed by atoms with E-state index < -0.39 is 10.2 Å². The third-order valence-electron chi connectivity index (χ3n) is 1.49. The molecule has 0 unspecified atom stereocenters. The number of nitrogens with zero attached hydrogens (tertiary/aromatic N) is 3. The molecule has 7 heteroatoms. The van der Waals surface area contributed by atoms with Crippen LogP contribution in [0.15, 0.2) is 12.4 Å². The van der Waals surface area contributed by atoms with Crippen LogP contribution in [0.25, 0.3) is 0 Å². The Morgan fingerprint density at radius 2 is 2.17 bits per heavy atom. The minimum atomic E-state index is -3.38. The van der Waals surface area contributed by atoms with E-state index in [0.29, 0.717) is 5.72 Å². The molecule has 0 aromatic carbocycles. The fourth-order valence-corrected chi connectivity index (χ4v) is 1.73. The van der Waals surface area contributed by atoms with E-state index in [0.717, 1.165) is 8.28 Å². The Morgan fingerprint density at radius 1 is 1.58 bits per heavy atom. The molecular formula is C5H10BN3O2S. The van der Waals surface area contributed by atoms with Gasteiger partial charge in [-0.15, -0.1) is 0 Å². The Bertz CT molecular complexity index is 370. The Labute approximate surface area is 72.6 Å². The van der Waals surface area contributed by atoms with Crippen LogP contribution in [-0.4, -0.2) is 43.6 Å². The van der Waals surface area contributed by atoms with E-state index in [9.17, 15) is 8.42 Å². The van der Waals surface area contributed by atoms with Gasteiger partial charge in [-0.1, -0.05) is 0 Å². The molecule has 12 heavy (non-hydrogen) atoms. The molecule has 0 aliphatic carbocycles. The molecule has 0 aliphatic heterocycles. The zero-order valence-electron chi connectivity index (χ0n) is 7.22. The first-order valence-corrected chi connectivity index (χ1v) is 4.79. The highest BCUT2D eigenvalue weighted by atomic mass is 32.2. The minimum absolute atomic E-state index is 0.462. The second-order valence-corrected chi connectivity index (χ2v) is 4.58. The second-order valence-electron chi connectivity index (χ2n) is 2.56. The molecule has 1 rings (SSSR count). The Morgan fingerprint density at radius 3 is 2.50 bits per heavy atom. The largest absolute Gasteiger partial charge is 0.307 e. The summed E-state index contributed by atoms with van der Waals surface area (Å²) in [7, 11) is 1.23. The molecule has 0 saturated carbocycles. The van der Waals surface area contributed by atoms with Crippen molar-refractivity contribution in [2.75, 3.05) is 14.1 Å². The van der Waals surface area contributed by atoms with Crippen LogP contribution < -0.4 is 5.72 Å². The van der Waals surface area contributed by atoms with Gasteiger partial charge >= 0.3 is 10.2 Å². The summed E-state index contributed by atoms with van der Waals surface area (Å²) in [6.07, 6.45) is 2.88. The molecule has 1 aromatic rings. The van der Waals surface area contributed by atoms with Gasteiger partial charge in [0.15, 0.2) is 7.85 Å². The van der Waals surface area contributed by atoms with Crippen molar-refractivity contribution < 1.29 is 8.42 Å². The van der Waals surface area contributed by atoms with Crippen molar-refractivity contribution in [3.05, 3.63) is 12.4 Å². The van der Waals surface area contributed by atoms with Gasteiger partial charge in [0.2, 0.25) is 0 Å². The predicted molar refractivity (Wildman–Crippen MR) is 48.4 cm³/mol. The van der Waals surface area contributed by atoms with Gasteiger partial charge < -0.3 is 0 Å². The third-order valence-corrected chi connectivity index (χ3v) is 3.30. The second kappa shape index (κ2) is 2.91. The highest BCUT2D eigenvalue weighted by Gasteiger charge is 2.16. The van der Waals surface area contributed by atoms with Crippen LogP contribution in [0, 0.1) is 0 Å². The van der Waals surface area contributed by atoms with Crippen LogP contribution in [-0.2, 0) is 10.2 Å². The van der Waals surface area contributed by atoms with Crippen LogP contribution in [0.2, 0.25) is 0 Å². The Kier molecular flexibility index (Phi) is 2.25. The van der Waals surface area contributed by atoms with E-state index in [1.807, 2.05) is 0 Å². The van der Waals surface area contributed by atoms with Crippen molar-refractivity contribution in [1.29, 1.82) is 0 Å². The van der Waals surface area contributed by atoms with Gasteiger partial charge in [0.25, 0.3) is 0 Å². The molecular weight excluding hydrogens is 177 g/mol. The first kappa shape index (κ1) is 9.27. The summed E-state index contributed by atoms with van der Waals surface area (Å²) < 4.78 is 25.2. The maximum Gasteiger partial charge on any atom is 0.307 e. The molecule has 0 atom stereocenters. The quantitative estimate of drug-likeness (QED) is 0.493. The highest BCUT2D eigenvalue weighted by molar-refractivity contribution is 7.87. The smallest absolute Gasteiger partial charge is 0.252 e. The van der Waals surface area contributed by atoms with Crippen LogP contribution in [0.4, 0.5) is 0 Å². The molecule has 0 radical (unpaired) electrons. The van der Waals surface area contributed by atoms with E-state index >= 15 is 0 Å². The van der Waals surface area contributed by atoms with Crippen LogP contribution in [0.3, 0.4) is 0 Å². The molecule has 0 N–H and O–H groups in total. The summed E-state index contributed by atoms with van der Waals surface area (Å²) in [6, 6.07) is 0. The SMILES string of the molecule is Bc1nccn1S(=O)(=O)N(C)C. The molecule has 0 fully saturated rings. The highest BCUT2D eigenvalue weighted by Crippen LogP contribution is 1.96. The first-order valence-electron chi connectivity index (χ1n) is 3.39. The van der Waals surface area contributed by atoms with Crippen LogP contribution in [0.5, 0.6) is 0 Å². The summed E-state index contributed by atoms with van der Waals surface area (Å²) in [5.41, 5.74) is 0.462. The van der Waals surface area contributed by atoms with Crippen molar-refractivity contribution in [1.82, 2.24) is 13.3 Å². The van der Waals surface area contributed by atoms with E-state index in [2.05, 4.69) is 4.98 Å². The third kappa shape index (κ3) is 1.37. The number of rotatable bonds is 2. The number of aromatic nitrogens is 2. The lowest BCUT2D eigenvalue weighted by Crippen LogP contribution is -2.35. The number of imidazole rings is 1. The molecule has 0 aliphatic rings. The van der Waals surface area contributed by atoms with Crippen LogP contribution >= 0.6 is 0 Å². The average molecular weight is 187 g/mol. The minimum Gasteiger partial charge on any atom is -0.252 e. The summed E-state index contributed by atoms with van der Waals surface area (Å²) >= 11 is 0. The molecule has 0 spiro atoms. The molecule has 0 bridgehead atoms. The van der Waals surface area contributed by atoms with Crippen molar-refractivity contribution >= 4 is 23.8 Å². The molecule has 0 amide bonds. The van der Waals surface area contributed by atoms with Crippen LogP contribution in [0.1, 0.15) is 0 Å². The summed E-state index contributed by atoms with van der Waals surface area (Å²) in [6.45, 7) is 0. The molecule has 5 nitrogen and oxygen atoms in total. The average Bonchev–Trinajstić information content (AvgIpc) is 2.35. The summed E-state index contributed by atoms with van der Waals surface area (Å²) in [5.74, 6) is 0. The van der Waals surface area contributed by atoms with Crippen molar-refractivity contribution in [3.63, 3.8) is 0 Å². The van der Waals surface area contributed by atoms with E-state index in [1.165, 1.54) is 26.5 Å². The lowest BCUT2D eigenvalue weighted by Gasteiger charge is -2.12. The number of hydrogen-bond donors (Lipinski definition) is 0. The van der Waals surface area contributed by atoms with Crippen molar-refractivity contribution in [2.45, 2.75) is 0 Å². The standard InChI is InChI=1S/C5H10BN3O2S/c1-8(2)12(10,11)9-4-3-7-5(9)6/h3-4H,6H2,1-2H3. The maximum absolute atomic E-state index is 11.5. The molecule has 1 heterocycles. The van der Waals surface area contributed by atoms with E-state index in [4.69, 9.17) is 0 Å². The molecule has 0 saturated heterocycles. The van der Waals surface area contributed by atoms with Crippen molar-refractivity contribution in [2.24, 2.45) is 0 Å². The Hall–Kier alpha value is -0.815. The topological polar surface area (TPSA) is 55.2 Å². The van der Waals surface area contributed by atoms with Gasteiger partial charge in [-0.3, -0.25) is 4.98 Å². The van der Waals surface area contributed by atoms with Gasteiger partial charge in [0.1, 0.15) is 0 Å². The summed E-state index contributed by atoms with van der Waals surface area (Å²) in [4.78, 5) is 3.82. The number of hydrogen-bond acceptors (Lipinski definition) is 3. The van der Waals surface area contributed by atoms with E-state index in [-0.39, 0.29) is 0 Å². The lowest BCUT2D eigenvalue weighted by molar-refractivity contribution is 0.512. The maximum atomic E-state index is 11.5. The molecule has 66 valence electrons. The monoisotopic (exact) mass is 187 g/mol. The predicted octanol–water partition coefficient (Wildman–Crippen LogP) is -2.20. The first-order chi connectivity index (χ1) is 5.46. The van der Waals surface area contributed by atoms with Crippen molar-refractivity contribution in [3.8, 4) is 0 Å². The van der Waals surface area contributed by atoms with E-state index in [1.54, 1.807) is 7.85 Å². The normalized spacial score (nSPS) is 12.2. The molecule has 1 aromatic heterocycles. The van der Waals surface area contributed by atoms with Gasteiger partial charge in [0, 0.05) is 26.5 Å². The Balaban J connectivity index is 3.24. The van der Waals surface area contributed by atoms with Gasteiger partial charge in [-0.2, -0.15) is 12.7 Å². The summed E-state index contributed by atoms with van der Waals surface area (Å²) in [5, 5.41) is 0. The zero-order chi connectivity index (χ0) is 9.35. The van der Waals surface area contributed by atoms with Gasteiger partial charge in [0.05, 0.1) is 5.72 Å².